The minimum Gasteiger partial charge on any atom is -0.497 e. The van der Waals surface area contributed by atoms with E-state index < -0.39 is 0 Å². The SMILES string of the molecule is CCN(CC)c1cc(C(=O)NCCOc2ccc(OC)cc2)ccn1. The molecule has 1 N–H and O–H groups in total. The molecule has 6 heteroatoms. The van der Waals surface area contributed by atoms with Gasteiger partial charge in [-0.15, -0.1) is 0 Å². The van der Waals surface area contributed by atoms with Crippen LogP contribution in [0.3, 0.4) is 0 Å². The molecule has 0 saturated heterocycles. The molecular weight excluding hydrogens is 318 g/mol. The van der Waals surface area contributed by atoms with E-state index >= 15 is 0 Å². The fraction of sp³-hybridized carbons (Fsp3) is 0.368. The number of hydrogen-bond acceptors (Lipinski definition) is 5. The first-order chi connectivity index (χ1) is 12.2. The Bertz CT molecular complexity index is 670. The Morgan fingerprint density at radius 2 is 1.80 bits per heavy atom. The Hall–Kier alpha value is -2.76. The number of benzene rings is 1. The standard InChI is InChI=1S/C19H25N3O3/c1-4-22(5-2)18-14-15(10-11-20-18)19(23)21-12-13-25-17-8-6-16(24-3)7-9-17/h6-11,14H,4-5,12-13H2,1-3H3,(H,21,23). The van der Waals surface area contributed by atoms with Crippen LogP contribution in [-0.2, 0) is 0 Å². The lowest BCUT2D eigenvalue weighted by molar-refractivity contribution is 0.0947. The minimum atomic E-state index is -0.130. The molecule has 0 aliphatic carbocycles. The van der Waals surface area contributed by atoms with Crippen LogP contribution in [0.1, 0.15) is 24.2 Å². The van der Waals surface area contributed by atoms with E-state index in [1.165, 1.54) is 0 Å². The van der Waals surface area contributed by atoms with E-state index in [4.69, 9.17) is 9.47 Å². The molecular formula is C19H25N3O3. The number of anilines is 1. The highest BCUT2D eigenvalue weighted by Gasteiger charge is 2.09. The van der Waals surface area contributed by atoms with Gasteiger partial charge in [-0.25, -0.2) is 4.98 Å². The van der Waals surface area contributed by atoms with E-state index in [-0.39, 0.29) is 5.91 Å². The summed E-state index contributed by atoms with van der Waals surface area (Å²) in [6, 6.07) is 10.9. The van der Waals surface area contributed by atoms with Crippen LogP contribution in [0.25, 0.3) is 0 Å². The molecule has 25 heavy (non-hydrogen) atoms. The molecule has 0 saturated carbocycles. The van der Waals surface area contributed by atoms with Crippen molar-refractivity contribution < 1.29 is 14.3 Å². The lowest BCUT2D eigenvalue weighted by atomic mass is 10.2. The number of nitrogens with zero attached hydrogens (tertiary/aromatic N) is 2. The molecule has 6 nitrogen and oxygen atoms in total. The van der Waals surface area contributed by atoms with Crippen molar-refractivity contribution in [1.29, 1.82) is 0 Å². The average molecular weight is 343 g/mol. The summed E-state index contributed by atoms with van der Waals surface area (Å²) >= 11 is 0. The third-order valence-corrected chi connectivity index (χ3v) is 3.81. The number of aromatic nitrogens is 1. The fourth-order valence-corrected chi connectivity index (χ4v) is 2.39. The number of hydrogen-bond donors (Lipinski definition) is 1. The molecule has 0 atom stereocenters. The van der Waals surface area contributed by atoms with Crippen LogP contribution in [-0.4, -0.2) is 44.2 Å². The molecule has 1 aromatic carbocycles. The van der Waals surface area contributed by atoms with Crippen molar-refractivity contribution in [2.24, 2.45) is 0 Å². The summed E-state index contributed by atoms with van der Waals surface area (Å²) in [5.74, 6) is 2.20. The smallest absolute Gasteiger partial charge is 0.251 e. The van der Waals surface area contributed by atoms with Gasteiger partial charge < -0.3 is 19.7 Å². The zero-order valence-electron chi connectivity index (χ0n) is 15.0. The maximum Gasteiger partial charge on any atom is 0.251 e. The second-order valence-electron chi connectivity index (χ2n) is 5.35. The molecule has 1 heterocycles. The van der Waals surface area contributed by atoms with Crippen molar-refractivity contribution in [2.75, 3.05) is 38.3 Å². The van der Waals surface area contributed by atoms with Gasteiger partial charge in [0.1, 0.15) is 23.9 Å². The number of ether oxygens (including phenoxy) is 2. The zero-order chi connectivity index (χ0) is 18.1. The molecule has 1 amide bonds. The quantitative estimate of drug-likeness (QED) is 0.709. The number of pyridine rings is 1. The number of carbonyl (C=O) groups excluding carboxylic acids is 1. The van der Waals surface area contributed by atoms with E-state index in [2.05, 4.69) is 29.0 Å². The van der Waals surface area contributed by atoms with Gasteiger partial charge in [-0.1, -0.05) is 0 Å². The van der Waals surface area contributed by atoms with E-state index in [0.717, 1.165) is 30.4 Å². The van der Waals surface area contributed by atoms with Crippen molar-refractivity contribution in [3.63, 3.8) is 0 Å². The van der Waals surface area contributed by atoms with Crippen LogP contribution in [0.15, 0.2) is 42.6 Å². The number of nitrogens with one attached hydrogen (secondary N) is 1. The van der Waals surface area contributed by atoms with Gasteiger partial charge >= 0.3 is 0 Å². The predicted octanol–water partition coefficient (Wildman–Crippen LogP) is 2.75. The van der Waals surface area contributed by atoms with Gasteiger partial charge in [-0.05, 0) is 50.2 Å². The molecule has 0 unspecified atom stereocenters. The lowest BCUT2D eigenvalue weighted by Gasteiger charge is -2.20. The van der Waals surface area contributed by atoms with Gasteiger partial charge in [0, 0.05) is 24.8 Å². The topological polar surface area (TPSA) is 63.7 Å². The Morgan fingerprint density at radius 3 is 2.44 bits per heavy atom. The summed E-state index contributed by atoms with van der Waals surface area (Å²) in [6.07, 6.45) is 1.66. The highest BCUT2D eigenvalue weighted by Crippen LogP contribution is 2.16. The van der Waals surface area contributed by atoms with Crippen molar-refractivity contribution in [1.82, 2.24) is 10.3 Å². The van der Waals surface area contributed by atoms with Crippen LogP contribution in [0.5, 0.6) is 11.5 Å². The molecule has 2 aromatic rings. The first kappa shape index (κ1) is 18.6. The number of carbonyl (C=O) groups is 1. The molecule has 0 aliphatic heterocycles. The summed E-state index contributed by atoms with van der Waals surface area (Å²) in [5.41, 5.74) is 0.598. The summed E-state index contributed by atoms with van der Waals surface area (Å²) in [6.45, 7) is 6.65. The average Bonchev–Trinajstić information content (AvgIpc) is 2.67. The summed E-state index contributed by atoms with van der Waals surface area (Å²) in [7, 11) is 1.62. The molecule has 1 aromatic heterocycles. The summed E-state index contributed by atoms with van der Waals surface area (Å²) in [4.78, 5) is 18.7. The van der Waals surface area contributed by atoms with Gasteiger partial charge in [0.15, 0.2) is 0 Å². The van der Waals surface area contributed by atoms with E-state index in [0.29, 0.717) is 18.7 Å². The van der Waals surface area contributed by atoms with Crippen LogP contribution < -0.4 is 19.7 Å². The number of amides is 1. The summed E-state index contributed by atoms with van der Waals surface area (Å²) in [5, 5.41) is 2.86. The van der Waals surface area contributed by atoms with Crippen LogP contribution in [0, 0.1) is 0 Å². The Labute approximate surface area is 148 Å². The Kier molecular flexibility index (Phi) is 7.07. The van der Waals surface area contributed by atoms with Crippen molar-refractivity contribution in [2.45, 2.75) is 13.8 Å². The zero-order valence-corrected chi connectivity index (χ0v) is 15.0. The predicted molar refractivity (Wildman–Crippen MR) is 98.6 cm³/mol. The Balaban J connectivity index is 1.82. The molecule has 134 valence electrons. The van der Waals surface area contributed by atoms with Crippen LogP contribution in [0.4, 0.5) is 5.82 Å². The van der Waals surface area contributed by atoms with Crippen molar-refractivity contribution >= 4 is 11.7 Å². The minimum absolute atomic E-state index is 0.130. The number of rotatable bonds is 9. The first-order valence-electron chi connectivity index (χ1n) is 8.44. The van der Waals surface area contributed by atoms with Gasteiger partial charge in [0.2, 0.25) is 0 Å². The maximum absolute atomic E-state index is 12.3. The van der Waals surface area contributed by atoms with Gasteiger partial charge in [0.05, 0.1) is 13.7 Å². The van der Waals surface area contributed by atoms with Crippen LogP contribution >= 0.6 is 0 Å². The van der Waals surface area contributed by atoms with Gasteiger partial charge in [-0.2, -0.15) is 0 Å². The maximum atomic E-state index is 12.3. The van der Waals surface area contributed by atoms with E-state index in [1.54, 1.807) is 19.4 Å². The normalized spacial score (nSPS) is 10.2. The van der Waals surface area contributed by atoms with Crippen LogP contribution in [0.2, 0.25) is 0 Å². The number of methoxy groups -OCH3 is 1. The molecule has 0 spiro atoms. The lowest BCUT2D eigenvalue weighted by Crippen LogP contribution is -2.29. The highest BCUT2D eigenvalue weighted by atomic mass is 16.5. The molecule has 2 rings (SSSR count). The second kappa shape index (κ2) is 9.52. The molecule has 0 bridgehead atoms. The summed E-state index contributed by atoms with van der Waals surface area (Å²) < 4.78 is 10.7. The fourth-order valence-electron chi connectivity index (χ4n) is 2.39. The van der Waals surface area contributed by atoms with E-state index in [9.17, 15) is 4.79 Å². The van der Waals surface area contributed by atoms with Gasteiger partial charge in [0.25, 0.3) is 5.91 Å². The largest absolute Gasteiger partial charge is 0.497 e. The van der Waals surface area contributed by atoms with Gasteiger partial charge in [-0.3, -0.25) is 4.79 Å². The van der Waals surface area contributed by atoms with Crippen molar-refractivity contribution in [3.8, 4) is 11.5 Å². The third-order valence-electron chi connectivity index (χ3n) is 3.81. The van der Waals surface area contributed by atoms with E-state index in [1.807, 2.05) is 30.3 Å². The highest BCUT2D eigenvalue weighted by molar-refractivity contribution is 5.94. The molecule has 0 aliphatic rings. The molecule has 0 fully saturated rings. The molecule has 0 radical (unpaired) electrons. The van der Waals surface area contributed by atoms with Crippen molar-refractivity contribution in [3.05, 3.63) is 48.2 Å². The second-order valence-corrected chi connectivity index (χ2v) is 5.35. The Morgan fingerprint density at radius 1 is 1.12 bits per heavy atom. The monoisotopic (exact) mass is 343 g/mol. The first-order valence-corrected chi connectivity index (χ1v) is 8.44. The third kappa shape index (κ3) is 5.38.